The van der Waals surface area contributed by atoms with Gasteiger partial charge in [0.25, 0.3) is 0 Å². The van der Waals surface area contributed by atoms with Crippen LogP contribution in [0, 0.1) is 17.3 Å². The van der Waals surface area contributed by atoms with Gasteiger partial charge in [-0.2, -0.15) is 0 Å². The highest BCUT2D eigenvalue weighted by Crippen LogP contribution is 2.50. The summed E-state index contributed by atoms with van der Waals surface area (Å²) in [6.07, 6.45) is 0.850. The third kappa shape index (κ3) is 0.825. The molecule has 0 aliphatic heterocycles. The molecule has 0 spiro atoms. The second-order valence-corrected chi connectivity index (χ2v) is 3.85. The fraction of sp³-hybridized carbons (Fsp3) is 0.875. The summed E-state index contributed by atoms with van der Waals surface area (Å²) in [5.74, 6) is -0.181. The van der Waals surface area contributed by atoms with Crippen LogP contribution in [0.4, 0.5) is 0 Å². The molecule has 1 saturated carbocycles. The molecule has 2 nitrogen and oxygen atoms in total. The Morgan fingerprint density at radius 2 is 2.10 bits per heavy atom. The minimum Gasteiger partial charge on any atom is -0.481 e. The molecule has 1 rings (SSSR count). The largest absolute Gasteiger partial charge is 0.481 e. The molecule has 0 bridgehead atoms. The SMILES string of the molecule is CC1CC(C(=O)O)C1(C)C. The summed E-state index contributed by atoms with van der Waals surface area (Å²) < 4.78 is 0. The minimum atomic E-state index is -0.636. The predicted octanol–water partition coefficient (Wildman–Crippen LogP) is 1.75. The number of carbonyl (C=O) groups is 1. The van der Waals surface area contributed by atoms with Crippen LogP contribution in [0.2, 0.25) is 0 Å². The summed E-state index contributed by atoms with van der Waals surface area (Å²) in [6.45, 7) is 6.17. The Balaban J connectivity index is 2.63. The molecule has 1 aliphatic carbocycles. The lowest BCUT2D eigenvalue weighted by Crippen LogP contribution is -2.47. The quantitative estimate of drug-likeness (QED) is 0.605. The van der Waals surface area contributed by atoms with Gasteiger partial charge in [-0.3, -0.25) is 4.79 Å². The first-order valence-corrected chi connectivity index (χ1v) is 3.69. The fourth-order valence-corrected chi connectivity index (χ4v) is 1.56. The number of carboxylic acid groups (broad SMARTS) is 1. The van der Waals surface area contributed by atoms with Gasteiger partial charge in [-0.05, 0) is 17.8 Å². The van der Waals surface area contributed by atoms with Crippen molar-refractivity contribution in [1.29, 1.82) is 0 Å². The Morgan fingerprint density at radius 3 is 2.20 bits per heavy atom. The maximum atomic E-state index is 10.5. The number of hydrogen-bond acceptors (Lipinski definition) is 1. The van der Waals surface area contributed by atoms with Gasteiger partial charge in [0.2, 0.25) is 0 Å². The third-order valence-electron chi connectivity index (χ3n) is 3.06. The first-order chi connectivity index (χ1) is 4.46. The molecule has 2 unspecified atom stereocenters. The van der Waals surface area contributed by atoms with Crippen LogP contribution in [-0.4, -0.2) is 11.1 Å². The minimum absolute atomic E-state index is 0.0197. The Bertz CT molecular complexity index is 161. The van der Waals surface area contributed by atoms with Crippen LogP contribution in [0.1, 0.15) is 27.2 Å². The van der Waals surface area contributed by atoms with Gasteiger partial charge < -0.3 is 5.11 Å². The van der Waals surface area contributed by atoms with E-state index in [2.05, 4.69) is 6.92 Å². The van der Waals surface area contributed by atoms with Crippen molar-refractivity contribution in [3.8, 4) is 0 Å². The van der Waals surface area contributed by atoms with E-state index in [1.807, 2.05) is 13.8 Å². The zero-order chi connectivity index (χ0) is 7.94. The molecule has 0 aromatic rings. The molecular weight excluding hydrogens is 128 g/mol. The summed E-state index contributed by atoms with van der Waals surface area (Å²) in [4.78, 5) is 10.5. The number of carboxylic acids is 1. The maximum absolute atomic E-state index is 10.5. The van der Waals surface area contributed by atoms with Crippen molar-refractivity contribution in [3.05, 3.63) is 0 Å². The summed E-state index contributed by atoms with van der Waals surface area (Å²) in [5, 5.41) is 8.69. The van der Waals surface area contributed by atoms with Crippen molar-refractivity contribution in [2.75, 3.05) is 0 Å². The van der Waals surface area contributed by atoms with Crippen LogP contribution in [0.3, 0.4) is 0 Å². The van der Waals surface area contributed by atoms with Gasteiger partial charge >= 0.3 is 5.97 Å². The lowest BCUT2D eigenvalue weighted by Gasteiger charge is -2.48. The lowest BCUT2D eigenvalue weighted by atomic mass is 9.55. The average Bonchev–Trinajstić information content (AvgIpc) is 1.82. The number of hydrogen-bond donors (Lipinski definition) is 1. The molecule has 1 fully saturated rings. The van der Waals surface area contributed by atoms with Gasteiger partial charge in [0.15, 0.2) is 0 Å². The standard InChI is InChI=1S/C8H14O2/c1-5-4-6(7(9)10)8(5,2)3/h5-6H,4H2,1-3H3,(H,9,10). The fourth-order valence-electron chi connectivity index (χ4n) is 1.56. The van der Waals surface area contributed by atoms with Crippen molar-refractivity contribution < 1.29 is 9.90 Å². The summed E-state index contributed by atoms with van der Waals surface area (Å²) in [7, 11) is 0. The van der Waals surface area contributed by atoms with Crippen LogP contribution in [0.25, 0.3) is 0 Å². The topological polar surface area (TPSA) is 37.3 Å². The molecule has 2 heteroatoms. The van der Waals surface area contributed by atoms with Crippen LogP contribution in [-0.2, 0) is 4.79 Å². The molecule has 0 amide bonds. The molecular formula is C8H14O2. The van der Waals surface area contributed by atoms with E-state index in [-0.39, 0.29) is 11.3 Å². The van der Waals surface area contributed by atoms with Crippen LogP contribution < -0.4 is 0 Å². The third-order valence-corrected chi connectivity index (χ3v) is 3.06. The van der Waals surface area contributed by atoms with E-state index in [9.17, 15) is 4.79 Å². The molecule has 58 valence electrons. The Labute approximate surface area is 61.2 Å². The highest BCUT2D eigenvalue weighted by atomic mass is 16.4. The van der Waals surface area contributed by atoms with Gasteiger partial charge in [-0.1, -0.05) is 20.8 Å². The molecule has 0 heterocycles. The average molecular weight is 142 g/mol. The molecule has 1 aliphatic rings. The lowest BCUT2D eigenvalue weighted by molar-refractivity contribution is -0.157. The maximum Gasteiger partial charge on any atom is 0.307 e. The van der Waals surface area contributed by atoms with Crippen molar-refractivity contribution >= 4 is 5.97 Å². The predicted molar refractivity (Wildman–Crippen MR) is 38.7 cm³/mol. The molecule has 1 N–H and O–H groups in total. The molecule has 0 aromatic heterocycles. The Morgan fingerprint density at radius 1 is 1.60 bits per heavy atom. The van der Waals surface area contributed by atoms with Crippen molar-refractivity contribution in [3.63, 3.8) is 0 Å². The van der Waals surface area contributed by atoms with Crippen LogP contribution in [0.5, 0.6) is 0 Å². The number of rotatable bonds is 1. The molecule has 0 radical (unpaired) electrons. The second kappa shape index (κ2) is 1.97. The summed E-state index contributed by atoms with van der Waals surface area (Å²) in [5.41, 5.74) is 0.0197. The zero-order valence-corrected chi connectivity index (χ0v) is 6.72. The Hall–Kier alpha value is -0.530. The van der Waals surface area contributed by atoms with Crippen LogP contribution in [0.15, 0.2) is 0 Å². The normalized spacial score (nSPS) is 36.7. The van der Waals surface area contributed by atoms with E-state index in [0.717, 1.165) is 6.42 Å². The molecule has 10 heavy (non-hydrogen) atoms. The van der Waals surface area contributed by atoms with Gasteiger partial charge in [0.05, 0.1) is 5.92 Å². The zero-order valence-electron chi connectivity index (χ0n) is 6.72. The number of aliphatic carboxylic acids is 1. The van der Waals surface area contributed by atoms with Crippen LogP contribution >= 0.6 is 0 Å². The van der Waals surface area contributed by atoms with E-state index >= 15 is 0 Å². The van der Waals surface area contributed by atoms with Crippen molar-refractivity contribution in [1.82, 2.24) is 0 Å². The smallest absolute Gasteiger partial charge is 0.307 e. The van der Waals surface area contributed by atoms with E-state index in [1.54, 1.807) is 0 Å². The van der Waals surface area contributed by atoms with Gasteiger partial charge in [-0.15, -0.1) is 0 Å². The van der Waals surface area contributed by atoms with Gasteiger partial charge in [-0.25, -0.2) is 0 Å². The van der Waals surface area contributed by atoms with E-state index < -0.39 is 5.97 Å². The van der Waals surface area contributed by atoms with Crippen molar-refractivity contribution in [2.45, 2.75) is 27.2 Å². The van der Waals surface area contributed by atoms with Gasteiger partial charge in [0, 0.05) is 0 Å². The highest BCUT2D eigenvalue weighted by molar-refractivity contribution is 5.72. The van der Waals surface area contributed by atoms with E-state index in [1.165, 1.54) is 0 Å². The second-order valence-electron chi connectivity index (χ2n) is 3.85. The highest BCUT2D eigenvalue weighted by Gasteiger charge is 2.49. The first-order valence-electron chi connectivity index (χ1n) is 3.69. The monoisotopic (exact) mass is 142 g/mol. The van der Waals surface area contributed by atoms with Crippen molar-refractivity contribution in [2.24, 2.45) is 17.3 Å². The molecule has 2 atom stereocenters. The summed E-state index contributed by atoms with van der Waals surface area (Å²) in [6, 6.07) is 0. The first kappa shape index (κ1) is 7.58. The van der Waals surface area contributed by atoms with E-state index in [4.69, 9.17) is 5.11 Å². The Kier molecular flexibility index (Phi) is 1.50. The molecule has 0 saturated heterocycles. The van der Waals surface area contributed by atoms with Gasteiger partial charge in [0.1, 0.15) is 0 Å². The van der Waals surface area contributed by atoms with E-state index in [0.29, 0.717) is 5.92 Å². The summed E-state index contributed by atoms with van der Waals surface area (Å²) >= 11 is 0. The molecule has 0 aromatic carbocycles.